The van der Waals surface area contributed by atoms with Gasteiger partial charge in [-0.15, -0.1) is 0 Å². The fraction of sp³-hybridized carbons (Fsp3) is 0.333. The lowest BCUT2D eigenvalue weighted by molar-refractivity contribution is 0.929. The van der Waals surface area contributed by atoms with Gasteiger partial charge >= 0.3 is 0 Å². The molecule has 0 aliphatic carbocycles. The van der Waals surface area contributed by atoms with Crippen molar-refractivity contribution in [3.63, 3.8) is 0 Å². The largest absolute Gasteiger partial charge is 0.296 e. The molecule has 1 aromatic heterocycles. The van der Waals surface area contributed by atoms with Gasteiger partial charge in [0.25, 0.3) is 0 Å². The number of fused-ring (bicyclic) bond motifs is 1. The van der Waals surface area contributed by atoms with Gasteiger partial charge in [-0.3, -0.25) is 5.01 Å². The Bertz CT molecular complexity index is 330. The highest BCUT2D eigenvalue weighted by atomic mass is 35.5. The predicted octanol–water partition coefficient (Wildman–Crippen LogP) is 1.18. The summed E-state index contributed by atoms with van der Waals surface area (Å²) in [6.45, 7) is 1.87. The van der Waals surface area contributed by atoms with E-state index >= 15 is 0 Å². The SMILES string of the molecule is Cc1nc(Cl)nc2c1N(N)CS2. The van der Waals surface area contributed by atoms with Gasteiger partial charge in [-0.25, -0.2) is 15.8 Å². The lowest BCUT2D eigenvalue weighted by Gasteiger charge is -2.11. The molecule has 1 aliphatic heterocycles. The van der Waals surface area contributed by atoms with E-state index in [-0.39, 0.29) is 5.28 Å². The minimum Gasteiger partial charge on any atom is -0.296 e. The van der Waals surface area contributed by atoms with Gasteiger partial charge in [-0.1, -0.05) is 11.8 Å². The molecule has 0 saturated carbocycles. The van der Waals surface area contributed by atoms with Crippen LogP contribution < -0.4 is 10.9 Å². The van der Waals surface area contributed by atoms with Gasteiger partial charge in [0.1, 0.15) is 10.7 Å². The molecule has 2 heterocycles. The molecule has 6 heteroatoms. The number of thioether (sulfide) groups is 1. The van der Waals surface area contributed by atoms with Gasteiger partial charge in [-0.05, 0) is 18.5 Å². The summed E-state index contributed by atoms with van der Waals surface area (Å²) in [6, 6.07) is 0. The molecule has 0 radical (unpaired) electrons. The van der Waals surface area contributed by atoms with Crippen molar-refractivity contribution in [3.8, 4) is 0 Å². The summed E-state index contributed by atoms with van der Waals surface area (Å²) in [7, 11) is 0. The second-order valence-corrected chi connectivity index (χ2v) is 3.75. The Hall–Kier alpha value is -0.520. The molecule has 4 nitrogen and oxygen atoms in total. The molecule has 0 aromatic carbocycles. The smallest absolute Gasteiger partial charge is 0.223 e. The molecule has 1 aliphatic rings. The number of hydrogen-bond acceptors (Lipinski definition) is 5. The maximum Gasteiger partial charge on any atom is 0.223 e. The molecular formula is C6H7ClN4S. The van der Waals surface area contributed by atoms with Crippen LogP contribution in [0, 0.1) is 6.92 Å². The van der Waals surface area contributed by atoms with E-state index in [0.717, 1.165) is 16.4 Å². The van der Waals surface area contributed by atoms with Crippen molar-refractivity contribution in [1.29, 1.82) is 0 Å². The average Bonchev–Trinajstić information content (AvgIpc) is 2.31. The van der Waals surface area contributed by atoms with Crippen LogP contribution in [0.5, 0.6) is 0 Å². The maximum atomic E-state index is 5.69. The number of hydrazine groups is 1. The standard InChI is InChI=1S/C6H7ClN4S/c1-3-4-5(10-6(7)9-3)12-2-11(4)8/h2,8H2,1H3. The van der Waals surface area contributed by atoms with Crippen molar-refractivity contribution >= 4 is 29.1 Å². The van der Waals surface area contributed by atoms with Crippen LogP contribution in [-0.4, -0.2) is 15.8 Å². The van der Waals surface area contributed by atoms with Crippen molar-refractivity contribution in [3.05, 3.63) is 11.0 Å². The van der Waals surface area contributed by atoms with Gasteiger partial charge in [0.15, 0.2) is 0 Å². The third-order valence-corrected chi connectivity index (χ3v) is 2.76. The minimum atomic E-state index is 0.286. The average molecular weight is 203 g/mol. The molecule has 0 bridgehead atoms. The monoisotopic (exact) mass is 202 g/mol. The van der Waals surface area contributed by atoms with E-state index < -0.39 is 0 Å². The molecule has 2 N–H and O–H groups in total. The van der Waals surface area contributed by atoms with Gasteiger partial charge in [0, 0.05) is 0 Å². The number of halogens is 1. The highest BCUT2D eigenvalue weighted by molar-refractivity contribution is 7.99. The first-order valence-corrected chi connectivity index (χ1v) is 4.74. The van der Waals surface area contributed by atoms with Gasteiger partial charge in [-0.2, -0.15) is 0 Å². The first-order chi connectivity index (χ1) is 5.68. The third kappa shape index (κ3) is 1.14. The number of hydrogen-bond donors (Lipinski definition) is 1. The molecular weight excluding hydrogens is 196 g/mol. The Morgan fingerprint density at radius 3 is 3.08 bits per heavy atom. The second-order valence-electron chi connectivity index (χ2n) is 2.48. The normalized spacial score (nSPS) is 15.1. The highest BCUT2D eigenvalue weighted by Crippen LogP contribution is 2.36. The van der Waals surface area contributed by atoms with E-state index in [1.54, 1.807) is 16.8 Å². The molecule has 0 unspecified atom stereocenters. The van der Waals surface area contributed by atoms with Crippen molar-refractivity contribution in [2.45, 2.75) is 11.9 Å². The molecule has 0 fully saturated rings. The lowest BCUT2D eigenvalue weighted by atomic mass is 10.4. The number of rotatable bonds is 0. The Balaban J connectivity index is 2.60. The summed E-state index contributed by atoms with van der Waals surface area (Å²) in [5, 5.41) is 2.79. The van der Waals surface area contributed by atoms with Crippen LogP contribution in [0.25, 0.3) is 0 Å². The van der Waals surface area contributed by atoms with Crippen molar-refractivity contribution < 1.29 is 0 Å². The van der Waals surface area contributed by atoms with E-state index in [1.165, 1.54) is 0 Å². The van der Waals surface area contributed by atoms with E-state index in [4.69, 9.17) is 17.4 Å². The Morgan fingerprint density at radius 1 is 1.58 bits per heavy atom. The van der Waals surface area contributed by atoms with Gasteiger partial charge in [0.2, 0.25) is 5.28 Å². The number of nitrogens with zero attached hydrogens (tertiary/aromatic N) is 3. The molecule has 0 amide bonds. The summed E-state index contributed by atoms with van der Waals surface area (Å²) in [6.07, 6.45) is 0. The topological polar surface area (TPSA) is 55.0 Å². The second kappa shape index (κ2) is 2.76. The van der Waals surface area contributed by atoms with Crippen LogP contribution in [0.3, 0.4) is 0 Å². The zero-order chi connectivity index (χ0) is 8.72. The van der Waals surface area contributed by atoms with E-state index in [1.807, 2.05) is 6.92 Å². The first kappa shape index (κ1) is 8.10. The molecule has 12 heavy (non-hydrogen) atoms. The zero-order valence-corrected chi connectivity index (χ0v) is 7.98. The van der Waals surface area contributed by atoms with Crippen LogP contribution in [0.4, 0.5) is 5.69 Å². The van der Waals surface area contributed by atoms with Crippen LogP contribution >= 0.6 is 23.4 Å². The summed E-state index contributed by atoms with van der Waals surface area (Å²) in [5.74, 6) is 6.40. The number of anilines is 1. The highest BCUT2D eigenvalue weighted by Gasteiger charge is 2.22. The molecule has 0 spiro atoms. The molecule has 2 rings (SSSR count). The number of aromatic nitrogens is 2. The van der Waals surface area contributed by atoms with Crippen LogP contribution in [0.1, 0.15) is 5.69 Å². The van der Waals surface area contributed by atoms with Crippen molar-refractivity contribution in [1.82, 2.24) is 9.97 Å². The summed E-state index contributed by atoms with van der Waals surface area (Å²) in [4.78, 5) is 8.08. The Labute approximate surface area is 79.1 Å². The number of aryl methyl sites for hydroxylation is 1. The van der Waals surface area contributed by atoms with Crippen LogP contribution in [0.15, 0.2) is 5.03 Å². The molecule has 64 valence electrons. The number of nitrogens with two attached hydrogens (primary N) is 1. The van der Waals surface area contributed by atoms with Crippen molar-refractivity contribution in [2.24, 2.45) is 5.84 Å². The van der Waals surface area contributed by atoms with Crippen LogP contribution in [0.2, 0.25) is 5.28 Å². The summed E-state index contributed by atoms with van der Waals surface area (Å²) >= 11 is 7.25. The fourth-order valence-corrected chi connectivity index (χ4v) is 2.34. The Morgan fingerprint density at radius 2 is 2.33 bits per heavy atom. The van der Waals surface area contributed by atoms with E-state index in [0.29, 0.717) is 5.88 Å². The quantitative estimate of drug-likeness (QED) is 0.389. The lowest BCUT2D eigenvalue weighted by Crippen LogP contribution is -2.27. The maximum absolute atomic E-state index is 5.69. The molecule has 1 aromatic rings. The summed E-state index contributed by atoms with van der Waals surface area (Å²) in [5.41, 5.74) is 1.72. The van der Waals surface area contributed by atoms with E-state index in [9.17, 15) is 0 Å². The van der Waals surface area contributed by atoms with Gasteiger partial charge in [0.05, 0.1) is 11.6 Å². The third-order valence-electron chi connectivity index (χ3n) is 1.63. The molecule has 0 saturated heterocycles. The predicted molar refractivity (Wildman–Crippen MR) is 49.2 cm³/mol. The van der Waals surface area contributed by atoms with Crippen molar-refractivity contribution in [2.75, 3.05) is 10.9 Å². The zero-order valence-electron chi connectivity index (χ0n) is 6.41. The fourth-order valence-electron chi connectivity index (χ4n) is 1.13. The summed E-state index contributed by atoms with van der Waals surface area (Å²) < 4.78 is 0. The van der Waals surface area contributed by atoms with Gasteiger partial charge < -0.3 is 0 Å². The van der Waals surface area contributed by atoms with E-state index in [2.05, 4.69) is 9.97 Å². The first-order valence-electron chi connectivity index (χ1n) is 3.37. The Kier molecular flexibility index (Phi) is 1.86. The van der Waals surface area contributed by atoms with Crippen LogP contribution in [-0.2, 0) is 0 Å². The molecule has 0 atom stereocenters. The minimum absolute atomic E-state index is 0.286.